The number of carbonyl (C=O) groups is 1. The molecule has 0 spiro atoms. The van der Waals surface area contributed by atoms with E-state index in [1.165, 1.54) is 11.8 Å². The monoisotopic (exact) mass is 444 g/mol. The molecule has 3 rings (SSSR count). The van der Waals surface area contributed by atoms with E-state index in [0.717, 1.165) is 44.9 Å². The van der Waals surface area contributed by atoms with Gasteiger partial charge in [0.1, 0.15) is 6.26 Å². The van der Waals surface area contributed by atoms with Crippen LogP contribution in [0.5, 0.6) is 0 Å². The average Bonchev–Trinajstić information content (AvgIpc) is 3.27. The number of hydrogen-bond acceptors (Lipinski definition) is 7. The second kappa shape index (κ2) is 12.7. The van der Waals surface area contributed by atoms with Crippen LogP contribution in [0.25, 0.3) is 6.08 Å². The Morgan fingerprint density at radius 3 is 2.71 bits per heavy atom. The van der Waals surface area contributed by atoms with Gasteiger partial charge in [-0.25, -0.2) is 4.98 Å². The highest BCUT2D eigenvalue weighted by molar-refractivity contribution is 7.98. The summed E-state index contributed by atoms with van der Waals surface area (Å²) in [6.45, 7) is 5.30. The highest BCUT2D eigenvalue weighted by Gasteiger charge is 2.20. The van der Waals surface area contributed by atoms with Crippen LogP contribution in [0.1, 0.15) is 28.4 Å². The largest absolute Gasteiger partial charge is 0.447 e. The quantitative estimate of drug-likeness (QED) is 0.551. The first-order valence-electron chi connectivity index (χ1n) is 10.7. The lowest BCUT2D eigenvalue weighted by atomic mass is 10.2. The van der Waals surface area contributed by atoms with Gasteiger partial charge in [0.2, 0.25) is 5.89 Å². The molecular weight excluding hydrogens is 412 g/mol. The maximum Gasteiger partial charge on any atom is 0.273 e. The summed E-state index contributed by atoms with van der Waals surface area (Å²) in [6.07, 6.45) is 8.50. The van der Waals surface area contributed by atoms with Crippen molar-refractivity contribution in [1.29, 1.82) is 0 Å². The average molecular weight is 445 g/mol. The Labute approximate surface area is 188 Å². The molecule has 2 aromatic rings. The molecule has 1 aromatic carbocycles. The van der Waals surface area contributed by atoms with Crippen LogP contribution in [-0.2, 0) is 6.54 Å². The molecule has 1 aliphatic heterocycles. The third kappa shape index (κ3) is 7.81. The zero-order valence-electron chi connectivity index (χ0n) is 18.1. The molecule has 8 heteroatoms. The van der Waals surface area contributed by atoms with E-state index in [-0.39, 0.29) is 24.2 Å². The number of rotatable bonds is 11. The van der Waals surface area contributed by atoms with Gasteiger partial charge in [-0.15, -0.1) is 0 Å². The van der Waals surface area contributed by atoms with E-state index < -0.39 is 0 Å². The van der Waals surface area contributed by atoms with Crippen molar-refractivity contribution in [1.82, 2.24) is 20.1 Å². The molecule has 1 amide bonds. The van der Waals surface area contributed by atoms with Gasteiger partial charge in [-0.2, -0.15) is 11.8 Å². The van der Waals surface area contributed by atoms with E-state index in [1.807, 2.05) is 24.5 Å². The van der Waals surface area contributed by atoms with E-state index in [0.29, 0.717) is 12.4 Å². The van der Waals surface area contributed by atoms with Gasteiger partial charge in [0.15, 0.2) is 5.69 Å². The fourth-order valence-electron chi connectivity index (χ4n) is 3.44. The number of aliphatic hydroxyl groups is 1. The van der Waals surface area contributed by atoms with Crippen molar-refractivity contribution in [2.75, 3.05) is 51.3 Å². The smallest absolute Gasteiger partial charge is 0.273 e. The molecule has 1 aromatic heterocycles. The van der Waals surface area contributed by atoms with Gasteiger partial charge in [-0.3, -0.25) is 14.6 Å². The lowest BCUT2D eigenvalue weighted by Gasteiger charge is -2.33. The first-order valence-corrected chi connectivity index (χ1v) is 12.1. The van der Waals surface area contributed by atoms with Crippen molar-refractivity contribution >= 4 is 23.7 Å². The molecule has 31 heavy (non-hydrogen) atoms. The fraction of sp³-hybridized carbons (Fsp3) is 0.478. The molecule has 0 aliphatic carbocycles. The van der Waals surface area contributed by atoms with Gasteiger partial charge >= 0.3 is 0 Å². The number of nitrogens with one attached hydrogen (secondary N) is 1. The summed E-state index contributed by atoms with van der Waals surface area (Å²) in [5, 5.41) is 12.2. The first kappa shape index (κ1) is 23.5. The van der Waals surface area contributed by atoms with Crippen LogP contribution in [0.4, 0.5) is 0 Å². The van der Waals surface area contributed by atoms with Crippen molar-refractivity contribution in [3.05, 3.63) is 59.8 Å². The summed E-state index contributed by atoms with van der Waals surface area (Å²) in [4.78, 5) is 21.4. The Balaban J connectivity index is 1.40. The summed E-state index contributed by atoms with van der Waals surface area (Å²) < 4.78 is 5.52. The summed E-state index contributed by atoms with van der Waals surface area (Å²) in [6, 6.07) is 10.1. The molecular formula is C23H32N4O3S. The van der Waals surface area contributed by atoms with Crippen LogP contribution >= 0.6 is 11.8 Å². The summed E-state index contributed by atoms with van der Waals surface area (Å²) >= 11 is 1.69. The molecule has 7 nitrogen and oxygen atoms in total. The fourth-order valence-corrected chi connectivity index (χ4v) is 3.96. The third-order valence-electron chi connectivity index (χ3n) is 5.31. The zero-order valence-corrected chi connectivity index (χ0v) is 18.9. The standard InChI is InChI=1S/C23H32N4O3S/c1-31-15-9-20(17-28)24-23(29)21-18-30-22(25-21)16-27-13-11-26(12-14-27)10-5-8-19-6-3-2-4-7-19/h2-8,18,20,28H,9-17H2,1H3,(H,24,29)/t20-/m0/s1. The van der Waals surface area contributed by atoms with E-state index in [1.54, 1.807) is 11.8 Å². The molecule has 0 unspecified atom stereocenters. The van der Waals surface area contributed by atoms with Crippen LogP contribution in [0.3, 0.4) is 0 Å². The molecule has 2 N–H and O–H groups in total. The van der Waals surface area contributed by atoms with Crippen LogP contribution < -0.4 is 5.32 Å². The molecule has 0 radical (unpaired) electrons. The Bertz CT molecular complexity index is 819. The van der Waals surface area contributed by atoms with Crippen molar-refractivity contribution in [2.24, 2.45) is 0 Å². The summed E-state index contributed by atoms with van der Waals surface area (Å²) in [7, 11) is 0. The molecule has 2 heterocycles. The second-order valence-corrected chi connectivity index (χ2v) is 8.64. The maximum atomic E-state index is 12.4. The highest BCUT2D eigenvalue weighted by atomic mass is 32.2. The number of benzene rings is 1. The molecule has 1 atom stereocenters. The number of aromatic nitrogens is 1. The Morgan fingerprint density at radius 1 is 1.26 bits per heavy atom. The predicted octanol–water partition coefficient (Wildman–Crippen LogP) is 2.35. The number of oxazole rings is 1. The molecule has 0 bridgehead atoms. The number of hydrogen-bond donors (Lipinski definition) is 2. The number of aliphatic hydroxyl groups excluding tert-OH is 1. The number of piperazine rings is 1. The third-order valence-corrected chi connectivity index (χ3v) is 5.95. The minimum absolute atomic E-state index is 0.0815. The highest BCUT2D eigenvalue weighted by Crippen LogP contribution is 2.10. The second-order valence-electron chi connectivity index (χ2n) is 7.65. The van der Waals surface area contributed by atoms with Gasteiger partial charge in [0.05, 0.1) is 19.2 Å². The van der Waals surface area contributed by atoms with Gasteiger partial charge in [-0.1, -0.05) is 42.5 Å². The SMILES string of the molecule is CSCC[C@@H](CO)NC(=O)c1coc(CN2CCN(CC=Cc3ccccc3)CC2)n1. The Hall–Kier alpha value is -2.13. The number of thioether (sulfide) groups is 1. The van der Waals surface area contributed by atoms with Gasteiger partial charge in [0.25, 0.3) is 5.91 Å². The summed E-state index contributed by atoms with van der Waals surface area (Å²) in [5.74, 6) is 1.13. The minimum atomic E-state index is -0.301. The van der Waals surface area contributed by atoms with Crippen LogP contribution in [-0.4, -0.2) is 83.2 Å². The normalized spacial score (nSPS) is 16.6. The zero-order chi connectivity index (χ0) is 21.9. The number of nitrogens with zero attached hydrogens (tertiary/aromatic N) is 3. The molecule has 1 saturated heterocycles. The summed E-state index contributed by atoms with van der Waals surface area (Å²) in [5.41, 5.74) is 1.49. The van der Waals surface area contributed by atoms with Crippen molar-refractivity contribution in [3.8, 4) is 0 Å². The Morgan fingerprint density at radius 2 is 2.00 bits per heavy atom. The topological polar surface area (TPSA) is 81.8 Å². The lowest BCUT2D eigenvalue weighted by molar-refractivity contribution is 0.0910. The van der Waals surface area contributed by atoms with Crippen LogP contribution in [0.2, 0.25) is 0 Å². The predicted molar refractivity (Wildman–Crippen MR) is 125 cm³/mol. The maximum absolute atomic E-state index is 12.4. The van der Waals surface area contributed by atoms with E-state index in [9.17, 15) is 9.90 Å². The van der Waals surface area contributed by atoms with Gasteiger partial charge < -0.3 is 14.8 Å². The van der Waals surface area contributed by atoms with Gasteiger partial charge in [0, 0.05) is 32.7 Å². The molecule has 1 fully saturated rings. The van der Waals surface area contributed by atoms with Gasteiger partial charge in [-0.05, 0) is 24.0 Å². The van der Waals surface area contributed by atoms with Crippen molar-refractivity contribution in [2.45, 2.75) is 19.0 Å². The van der Waals surface area contributed by atoms with E-state index in [2.05, 4.69) is 44.4 Å². The minimum Gasteiger partial charge on any atom is -0.447 e. The van der Waals surface area contributed by atoms with E-state index >= 15 is 0 Å². The molecule has 0 saturated carbocycles. The number of carbonyl (C=O) groups excluding carboxylic acids is 1. The van der Waals surface area contributed by atoms with E-state index in [4.69, 9.17) is 4.42 Å². The molecule has 168 valence electrons. The Kier molecular flexibility index (Phi) is 9.61. The molecule has 1 aliphatic rings. The lowest BCUT2D eigenvalue weighted by Crippen LogP contribution is -2.45. The first-order chi connectivity index (χ1) is 15.2. The van der Waals surface area contributed by atoms with Crippen LogP contribution in [0.15, 0.2) is 47.1 Å². The van der Waals surface area contributed by atoms with Crippen LogP contribution in [0, 0.1) is 0 Å². The number of amides is 1. The van der Waals surface area contributed by atoms with Crippen molar-refractivity contribution in [3.63, 3.8) is 0 Å². The van der Waals surface area contributed by atoms with Crippen molar-refractivity contribution < 1.29 is 14.3 Å².